The number of amides is 1. The Morgan fingerprint density at radius 1 is 1.48 bits per heavy atom. The van der Waals surface area contributed by atoms with Gasteiger partial charge in [0.25, 0.3) is 0 Å². The monoisotopic (exact) mass is 324 g/mol. The predicted octanol–water partition coefficient (Wildman–Crippen LogP) is 1.39. The fourth-order valence-corrected chi connectivity index (χ4v) is 2.82. The molecule has 1 aliphatic rings. The summed E-state index contributed by atoms with van der Waals surface area (Å²) in [6.45, 7) is 6.88. The van der Waals surface area contributed by atoms with Crippen LogP contribution in [0.5, 0.6) is 0 Å². The van der Waals surface area contributed by atoms with E-state index in [1.54, 1.807) is 6.26 Å². The van der Waals surface area contributed by atoms with Crippen LogP contribution in [0.25, 0.3) is 0 Å². The molecule has 1 aromatic rings. The summed E-state index contributed by atoms with van der Waals surface area (Å²) >= 11 is 0. The molecular weight excluding hydrogens is 296 g/mol. The van der Waals surface area contributed by atoms with E-state index in [1.807, 2.05) is 26.0 Å². The molecule has 1 aromatic heterocycles. The highest BCUT2D eigenvalue weighted by molar-refractivity contribution is 5.78. The summed E-state index contributed by atoms with van der Waals surface area (Å²) in [5.41, 5.74) is 0. The average Bonchev–Trinajstić information content (AvgIpc) is 3.00. The molecular formula is C17H28N2O4. The molecule has 1 aliphatic heterocycles. The molecule has 1 fully saturated rings. The van der Waals surface area contributed by atoms with Gasteiger partial charge in [-0.25, -0.2) is 0 Å². The van der Waals surface area contributed by atoms with Gasteiger partial charge in [0.15, 0.2) is 0 Å². The molecule has 1 amide bonds. The molecule has 0 aliphatic carbocycles. The lowest BCUT2D eigenvalue weighted by Gasteiger charge is -2.32. The van der Waals surface area contributed by atoms with E-state index in [9.17, 15) is 9.90 Å². The van der Waals surface area contributed by atoms with Gasteiger partial charge in [0.05, 0.1) is 19.0 Å². The van der Waals surface area contributed by atoms with Crippen molar-refractivity contribution in [3.8, 4) is 0 Å². The second kappa shape index (κ2) is 9.05. The number of rotatable bonds is 8. The molecule has 0 spiro atoms. The van der Waals surface area contributed by atoms with Crippen LogP contribution in [0.2, 0.25) is 0 Å². The number of carbonyl (C=O) groups excluding carboxylic acids is 1. The van der Waals surface area contributed by atoms with Gasteiger partial charge >= 0.3 is 0 Å². The summed E-state index contributed by atoms with van der Waals surface area (Å²) in [6.07, 6.45) is 2.78. The Morgan fingerprint density at radius 3 is 2.83 bits per heavy atom. The van der Waals surface area contributed by atoms with Gasteiger partial charge in [-0.1, -0.05) is 0 Å². The molecule has 0 bridgehead atoms. The predicted molar refractivity (Wildman–Crippen MR) is 86.8 cm³/mol. The molecule has 0 aromatic carbocycles. The maximum absolute atomic E-state index is 12.0. The first-order valence-corrected chi connectivity index (χ1v) is 8.35. The highest BCUT2D eigenvalue weighted by Gasteiger charge is 2.26. The van der Waals surface area contributed by atoms with Crippen LogP contribution in [0, 0.1) is 5.92 Å². The molecule has 2 N–H and O–H groups in total. The van der Waals surface area contributed by atoms with E-state index in [-0.39, 0.29) is 24.5 Å². The molecule has 6 nitrogen and oxygen atoms in total. The minimum atomic E-state index is -0.522. The Bertz CT molecular complexity index is 453. The lowest BCUT2D eigenvalue weighted by atomic mass is 9.95. The number of piperidine rings is 1. The van der Waals surface area contributed by atoms with E-state index in [1.165, 1.54) is 0 Å². The zero-order chi connectivity index (χ0) is 16.7. The molecule has 130 valence electrons. The van der Waals surface area contributed by atoms with Crippen molar-refractivity contribution < 1.29 is 19.1 Å². The Kier molecular flexibility index (Phi) is 7.08. The van der Waals surface area contributed by atoms with Crippen molar-refractivity contribution in [2.45, 2.75) is 45.4 Å². The van der Waals surface area contributed by atoms with Crippen LogP contribution < -0.4 is 5.32 Å². The molecule has 2 heterocycles. The Labute approximate surface area is 137 Å². The van der Waals surface area contributed by atoms with Crippen molar-refractivity contribution >= 4 is 5.91 Å². The molecule has 1 saturated heterocycles. The van der Waals surface area contributed by atoms with Crippen LogP contribution in [0.4, 0.5) is 0 Å². The minimum Gasteiger partial charge on any atom is -0.467 e. The van der Waals surface area contributed by atoms with Crippen LogP contribution in [0.1, 0.15) is 32.4 Å². The van der Waals surface area contributed by atoms with Gasteiger partial charge < -0.3 is 24.5 Å². The quantitative estimate of drug-likeness (QED) is 0.756. The van der Waals surface area contributed by atoms with Crippen LogP contribution in [0.3, 0.4) is 0 Å². The van der Waals surface area contributed by atoms with Crippen LogP contribution >= 0.6 is 0 Å². The summed E-state index contributed by atoms with van der Waals surface area (Å²) in [5, 5.41) is 13.0. The van der Waals surface area contributed by atoms with Crippen LogP contribution in [-0.2, 0) is 16.1 Å². The van der Waals surface area contributed by atoms with Gasteiger partial charge in [-0.05, 0) is 51.9 Å². The van der Waals surface area contributed by atoms with E-state index in [0.29, 0.717) is 13.2 Å². The normalized spacial score (nSPS) is 18.3. The standard InChI is InChI=1S/C17H28N2O4/c1-13(2)18-17(21)14-5-7-19(8-6-14)10-15(20)11-22-12-16-4-3-9-23-16/h3-4,9,13-15,20H,5-8,10-12H2,1-2H3,(H,18,21). The zero-order valence-electron chi connectivity index (χ0n) is 14.0. The van der Waals surface area contributed by atoms with Gasteiger partial charge in [-0.2, -0.15) is 0 Å². The van der Waals surface area contributed by atoms with Gasteiger partial charge in [-0.15, -0.1) is 0 Å². The van der Waals surface area contributed by atoms with Crippen molar-refractivity contribution in [2.75, 3.05) is 26.2 Å². The molecule has 1 atom stereocenters. The molecule has 6 heteroatoms. The first-order chi connectivity index (χ1) is 11.0. The van der Waals surface area contributed by atoms with Crippen LogP contribution in [0.15, 0.2) is 22.8 Å². The summed E-state index contributed by atoms with van der Waals surface area (Å²) < 4.78 is 10.6. The number of nitrogens with zero attached hydrogens (tertiary/aromatic N) is 1. The highest BCUT2D eigenvalue weighted by Crippen LogP contribution is 2.17. The zero-order valence-corrected chi connectivity index (χ0v) is 14.0. The maximum atomic E-state index is 12.0. The second-order valence-electron chi connectivity index (χ2n) is 6.49. The number of aliphatic hydroxyl groups is 1. The number of hydrogen-bond donors (Lipinski definition) is 2. The number of nitrogens with one attached hydrogen (secondary N) is 1. The first kappa shape index (κ1) is 18.0. The summed E-state index contributed by atoms with van der Waals surface area (Å²) in [4.78, 5) is 14.2. The van der Waals surface area contributed by atoms with E-state index >= 15 is 0 Å². The van der Waals surface area contributed by atoms with Gasteiger partial charge in [-0.3, -0.25) is 4.79 Å². The fraction of sp³-hybridized carbons (Fsp3) is 0.706. The summed E-state index contributed by atoms with van der Waals surface area (Å²) in [7, 11) is 0. The summed E-state index contributed by atoms with van der Waals surface area (Å²) in [6, 6.07) is 3.85. The molecule has 0 saturated carbocycles. The largest absolute Gasteiger partial charge is 0.467 e. The highest BCUT2D eigenvalue weighted by atomic mass is 16.5. The third kappa shape index (κ3) is 6.33. The van der Waals surface area contributed by atoms with E-state index < -0.39 is 6.10 Å². The second-order valence-corrected chi connectivity index (χ2v) is 6.49. The Balaban J connectivity index is 1.60. The third-order valence-corrected chi connectivity index (χ3v) is 3.99. The number of ether oxygens (including phenoxy) is 1. The van der Waals surface area contributed by atoms with E-state index in [2.05, 4.69) is 10.2 Å². The molecule has 0 radical (unpaired) electrons. The van der Waals surface area contributed by atoms with E-state index in [0.717, 1.165) is 31.7 Å². The lowest BCUT2D eigenvalue weighted by molar-refractivity contribution is -0.127. The van der Waals surface area contributed by atoms with Gasteiger partial charge in [0, 0.05) is 18.5 Å². The minimum absolute atomic E-state index is 0.0981. The fourth-order valence-electron chi connectivity index (χ4n) is 2.82. The topological polar surface area (TPSA) is 74.9 Å². The third-order valence-electron chi connectivity index (χ3n) is 3.99. The van der Waals surface area contributed by atoms with Crippen molar-refractivity contribution in [1.82, 2.24) is 10.2 Å². The average molecular weight is 324 g/mol. The number of aliphatic hydroxyl groups excluding tert-OH is 1. The van der Waals surface area contributed by atoms with Gasteiger partial charge in [0.1, 0.15) is 12.4 Å². The van der Waals surface area contributed by atoms with E-state index in [4.69, 9.17) is 9.15 Å². The Hall–Kier alpha value is -1.37. The number of hydrogen-bond acceptors (Lipinski definition) is 5. The Morgan fingerprint density at radius 2 is 2.22 bits per heavy atom. The molecule has 1 unspecified atom stereocenters. The SMILES string of the molecule is CC(C)NC(=O)C1CCN(CC(O)COCc2ccco2)CC1. The smallest absolute Gasteiger partial charge is 0.223 e. The van der Waals surface area contributed by atoms with Crippen molar-refractivity contribution in [3.05, 3.63) is 24.2 Å². The first-order valence-electron chi connectivity index (χ1n) is 8.35. The summed E-state index contributed by atoms with van der Waals surface area (Å²) in [5.74, 6) is 1.01. The van der Waals surface area contributed by atoms with Crippen molar-refractivity contribution in [2.24, 2.45) is 5.92 Å². The molecule has 2 rings (SSSR count). The van der Waals surface area contributed by atoms with Gasteiger partial charge in [0.2, 0.25) is 5.91 Å². The number of likely N-dealkylation sites (tertiary alicyclic amines) is 1. The van der Waals surface area contributed by atoms with Crippen molar-refractivity contribution in [3.63, 3.8) is 0 Å². The maximum Gasteiger partial charge on any atom is 0.223 e. The number of carbonyl (C=O) groups is 1. The lowest BCUT2D eigenvalue weighted by Crippen LogP contribution is -2.44. The van der Waals surface area contributed by atoms with Crippen molar-refractivity contribution in [1.29, 1.82) is 0 Å². The van der Waals surface area contributed by atoms with Crippen LogP contribution in [-0.4, -0.2) is 54.3 Å². The molecule has 23 heavy (non-hydrogen) atoms. The number of furan rings is 1. The number of β-amino-alcohol motifs (C(OH)–C–C–N with tert-alkyl or cyclic N) is 1.